The van der Waals surface area contributed by atoms with Crippen molar-refractivity contribution >= 4 is 6.09 Å². The van der Waals surface area contributed by atoms with E-state index in [9.17, 15) is 9.90 Å². The van der Waals surface area contributed by atoms with Crippen LogP contribution in [-0.4, -0.2) is 45.7 Å². The van der Waals surface area contributed by atoms with Crippen molar-refractivity contribution in [1.82, 2.24) is 4.90 Å². The Balaban J connectivity index is 2.63. The van der Waals surface area contributed by atoms with Gasteiger partial charge in [-0.15, -0.1) is 0 Å². The van der Waals surface area contributed by atoms with Crippen molar-refractivity contribution in [3.05, 3.63) is 0 Å². The third kappa shape index (κ3) is 2.86. The van der Waals surface area contributed by atoms with Gasteiger partial charge in [-0.2, -0.15) is 0 Å². The molecule has 0 aromatic carbocycles. The molecular formula is C11H21NO4. The van der Waals surface area contributed by atoms with Gasteiger partial charge in [-0.25, -0.2) is 4.79 Å². The maximum absolute atomic E-state index is 11.1. The number of aliphatic hydroxyl groups excluding tert-OH is 1. The van der Waals surface area contributed by atoms with Crippen LogP contribution in [0.3, 0.4) is 0 Å². The predicted molar refractivity (Wildman–Crippen MR) is 59.2 cm³/mol. The zero-order valence-corrected chi connectivity index (χ0v) is 10.1. The fourth-order valence-corrected chi connectivity index (χ4v) is 2.21. The zero-order chi connectivity index (χ0) is 12.3. The van der Waals surface area contributed by atoms with Crippen molar-refractivity contribution < 1.29 is 19.7 Å². The smallest absolute Gasteiger partial charge is 0.409 e. The van der Waals surface area contributed by atoms with E-state index in [2.05, 4.69) is 0 Å². The van der Waals surface area contributed by atoms with E-state index >= 15 is 0 Å². The molecule has 1 amide bonds. The summed E-state index contributed by atoms with van der Waals surface area (Å²) in [5.74, 6) is 0. The first kappa shape index (κ1) is 13.3. The largest absolute Gasteiger partial charge is 0.465 e. The van der Waals surface area contributed by atoms with E-state index in [-0.39, 0.29) is 6.04 Å². The van der Waals surface area contributed by atoms with Gasteiger partial charge in [0, 0.05) is 0 Å². The van der Waals surface area contributed by atoms with E-state index in [1.54, 1.807) is 13.8 Å². The van der Waals surface area contributed by atoms with Crippen molar-refractivity contribution in [2.75, 3.05) is 6.61 Å². The summed E-state index contributed by atoms with van der Waals surface area (Å²) in [6.45, 7) is 5.81. The summed E-state index contributed by atoms with van der Waals surface area (Å²) in [5.41, 5.74) is -0.789. The van der Waals surface area contributed by atoms with E-state index in [1.807, 2.05) is 6.92 Å². The number of rotatable bonds is 4. The molecule has 5 nitrogen and oxygen atoms in total. The topological polar surface area (TPSA) is 70.0 Å². The molecule has 1 aliphatic heterocycles. The van der Waals surface area contributed by atoms with Crippen molar-refractivity contribution in [3.63, 3.8) is 0 Å². The highest BCUT2D eigenvalue weighted by Gasteiger charge is 2.44. The quantitative estimate of drug-likeness (QED) is 0.772. The summed E-state index contributed by atoms with van der Waals surface area (Å²) in [7, 11) is 0. The van der Waals surface area contributed by atoms with E-state index in [0.717, 1.165) is 6.42 Å². The molecule has 1 rings (SSSR count). The summed E-state index contributed by atoms with van der Waals surface area (Å²) < 4.78 is 5.44. The average molecular weight is 231 g/mol. The summed E-state index contributed by atoms with van der Waals surface area (Å²) >= 11 is 0. The van der Waals surface area contributed by atoms with E-state index < -0.39 is 17.9 Å². The number of hydrogen-bond acceptors (Lipinski definition) is 3. The Morgan fingerprint density at radius 3 is 2.75 bits per heavy atom. The molecule has 1 heterocycles. The molecule has 0 saturated carbocycles. The Morgan fingerprint density at radius 2 is 2.25 bits per heavy atom. The van der Waals surface area contributed by atoms with Gasteiger partial charge in [-0.3, -0.25) is 4.90 Å². The Labute approximate surface area is 96.0 Å². The maximum Gasteiger partial charge on any atom is 0.409 e. The minimum atomic E-state index is -0.990. The Bertz CT molecular complexity index is 254. The van der Waals surface area contributed by atoms with Gasteiger partial charge in [-0.05, 0) is 26.7 Å². The number of hydrogen-bond donors (Lipinski definition) is 2. The number of carboxylic acid groups (broad SMARTS) is 1. The monoisotopic (exact) mass is 231 g/mol. The normalized spacial score (nSPS) is 25.8. The highest BCUT2D eigenvalue weighted by molar-refractivity contribution is 5.66. The second kappa shape index (κ2) is 5.01. The van der Waals surface area contributed by atoms with Crippen LogP contribution in [-0.2, 0) is 4.74 Å². The number of amides is 1. The van der Waals surface area contributed by atoms with Crippen LogP contribution in [0.25, 0.3) is 0 Å². The van der Waals surface area contributed by atoms with Crippen LogP contribution in [0, 0.1) is 0 Å². The second-order valence-corrected chi connectivity index (χ2v) is 4.74. The summed E-state index contributed by atoms with van der Waals surface area (Å²) in [6, 6.07) is -0.242. The first-order valence-electron chi connectivity index (χ1n) is 5.72. The zero-order valence-electron chi connectivity index (χ0n) is 10.1. The van der Waals surface area contributed by atoms with Gasteiger partial charge < -0.3 is 14.9 Å². The Kier molecular flexibility index (Phi) is 4.15. The van der Waals surface area contributed by atoms with Crippen LogP contribution >= 0.6 is 0 Å². The first-order valence-corrected chi connectivity index (χ1v) is 5.72. The van der Waals surface area contributed by atoms with E-state index in [0.29, 0.717) is 19.4 Å². The summed E-state index contributed by atoms with van der Waals surface area (Å²) in [5, 5.41) is 18.8. The molecule has 2 N–H and O–H groups in total. The van der Waals surface area contributed by atoms with Gasteiger partial charge in [0.15, 0.2) is 0 Å². The number of carbonyl (C=O) groups is 1. The highest BCUT2D eigenvalue weighted by atomic mass is 16.5. The van der Waals surface area contributed by atoms with E-state index in [4.69, 9.17) is 9.84 Å². The van der Waals surface area contributed by atoms with Gasteiger partial charge in [0.05, 0.1) is 18.8 Å². The van der Waals surface area contributed by atoms with Crippen molar-refractivity contribution in [3.8, 4) is 0 Å². The van der Waals surface area contributed by atoms with Crippen molar-refractivity contribution in [1.29, 1.82) is 0 Å². The maximum atomic E-state index is 11.1. The molecule has 16 heavy (non-hydrogen) atoms. The molecule has 1 fully saturated rings. The molecule has 94 valence electrons. The van der Waals surface area contributed by atoms with Crippen molar-refractivity contribution in [2.24, 2.45) is 0 Å². The molecule has 0 spiro atoms. The van der Waals surface area contributed by atoms with Crippen LogP contribution in [0.5, 0.6) is 0 Å². The highest BCUT2D eigenvalue weighted by Crippen LogP contribution is 2.29. The Morgan fingerprint density at radius 1 is 1.62 bits per heavy atom. The van der Waals surface area contributed by atoms with Gasteiger partial charge in [0.25, 0.3) is 0 Å². The minimum absolute atomic E-state index is 0.242. The summed E-state index contributed by atoms with van der Waals surface area (Å²) in [6.07, 6.45) is 0.602. The lowest BCUT2D eigenvalue weighted by Crippen LogP contribution is -2.48. The fraction of sp³-hybridized carbons (Fsp3) is 0.909. The molecule has 1 aliphatic rings. The molecule has 0 radical (unpaired) electrons. The number of nitrogens with zero attached hydrogens (tertiary/aromatic N) is 1. The second-order valence-electron chi connectivity index (χ2n) is 4.74. The lowest BCUT2D eigenvalue weighted by Gasteiger charge is -2.31. The number of aliphatic hydroxyl groups is 1. The third-order valence-electron chi connectivity index (χ3n) is 2.95. The van der Waals surface area contributed by atoms with Crippen LogP contribution in [0.15, 0.2) is 0 Å². The lowest BCUT2D eigenvalue weighted by atomic mass is 10.0. The SMILES string of the molecule is CCC[C@H](O)CC1COC(C)(C)N1C(=O)O. The molecule has 0 aromatic rings. The minimum Gasteiger partial charge on any atom is -0.465 e. The van der Waals surface area contributed by atoms with Gasteiger partial charge >= 0.3 is 6.09 Å². The third-order valence-corrected chi connectivity index (χ3v) is 2.95. The molecule has 5 heteroatoms. The molecule has 1 unspecified atom stereocenters. The van der Waals surface area contributed by atoms with Crippen LogP contribution < -0.4 is 0 Å². The average Bonchev–Trinajstić information content (AvgIpc) is 2.41. The van der Waals surface area contributed by atoms with Crippen LogP contribution in [0.4, 0.5) is 4.79 Å². The van der Waals surface area contributed by atoms with Crippen LogP contribution in [0.2, 0.25) is 0 Å². The first-order chi connectivity index (χ1) is 7.38. The lowest BCUT2D eigenvalue weighted by molar-refractivity contribution is -0.0430. The Hall–Kier alpha value is -0.810. The standard InChI is InChI=1S/C11H21NO4/c1-4-5-9(13)6-8-7-16-11(2,3)12(8)10(14)15/h8-9,13H,4-7H2,1-3H3,(H,14,15)/t8?,9-/m0/s1. The molecule has 1 saturated heterocycles. The van der Waals surface area contributed by atoms with Gasteiger partial charge in [-0.1, -0.05) is 13.3 Å². The fourth-order valence-electron chi connectivity index (χ4n) is 2.21. The molecule has 2 atom stereocenters. The predicted octanol–water partition coefficient (Wildman–Crippen LogP) is 1.65. The molecule has 0 bridgehead atoms. The molecule has 0 aromatic heterocycles. The summed E-state index contributed by atoms with van der Waals surface area (Å²) in [4.78, 5) is 12.4. The van der Waals surface area contributed by atoms with Crippen molar-refractivity contribution in [2.45, 2.75) is 57.9 Å². The molecule has 0 aliphatic carbocycles. The molecular weight excluding hydrogens is 210 g/mol. The number of ether oxygens (including phenoxy) is 1. The van der Waals surface area contributed by atoms with Gasteiger partial charge in [0.2, 0.25) is 0 Å². The van der Waals surface area contributed by atoms with Crippen LogP contribution in [0.1, 0.15) is 40.0 Å². The van der Waals surface area contributed by atoms with Gasteiger partial charge in [0.1, 0.15) is 5.72 Å². The van der Waals surface area contributed by atoms with E-state index in [1.165, 1.54) is 4.90 Å².